The molecule has 5 nitrogen and oxygen atoms in total. The van der Waals surface area contributed by atoms with Crippen LogP contribution in [0.15, 0.2) is 28.7 Å². The topological polar surface area (TPSA) is 69.4 Å². The molecule has 1 heterocycles. The minimum atomic E-state index is -1.30. The molecule has 0 radical (unpaired) electrons. The maximum atomic E-state index is 12.5. The molecule has 2 aromatic rings. The minimum Gasteiger partial charge on any atom is -0.616 e. The number of aromatic nitrogens is 1. The van der Waals surface area contributed by atoms with E-state index in [1.165, 1.54) is 0 Å². The Labute approximate surface area is 159 Å². The molecule has 0 aliphatic carbocycles. The molecule has 1 aromatic heterocycles. The summed E-state index contributed by atoms with van der Waals surface area (Å²) in [7, 11) is 0. The smallest absolute Gasteiger partial charge is 0.272 e. The molecule has 0 saturated heterocycles. The van der Waals surface area contributed by atoms with Crippen molar-refractivity contribution >= 4 is 17.1 Å². The SMILES string of the molecule is CCCN(CCC)C(=O)C[S+]([O-])Cc1nc(-c2cccc(C)c2)oc1C. The number of nitrogens with zero attached hydrogens (tertiary/aromatic N) is 2. The maximum Gasteiger partial charge on any atom is 0.272 e. The predicted octanol–water partition coefficient (Wildman–Crippen LogP) is 3.86. The zero-order valence-corrected chi connectivity index (χ0v) is 16.9. The summed E-state index contributed by atoms with van der Waals surface area (Å²) < 4.78 is 18.2. The van der Waals surface area contributed by atoms with Gasteiger partial charge in [-0.15, -0.1) is 0 Å². The van der Waals surface area contributed by atoms with Crippen LogP contribution in [0.4, 0.5) is 0 Å². The van der Waals surface area contributed by atoms with E-state index in [9.17, 15) is 9.35 Å². The third-order valence-electron chi connectivity index (χ3n) is 4.08. The molecular formula is C20H28N2O3S. The van der Waals surface area contributed by atoms with E-state index in [4.69, 9.17) is 4.42 Å². The Morgan fingerprint density at radius 1 is 1.23 bits per heavy atom. The van der Waals surface area contributed by atoms with Crippen LogP contribution in [0.5, 0.6) is 0 Å². The van der Waals surface area contributed by atoms with Crippen molar-refractivity contribution < 1.29 is 13.8 Å². The van der Waals surface area contributed by atoms with Gasteiger partial charge >= 0.3 is 0 Å². The molecule has 0 bridgehead atoms. The number of rotatable bonds is 9. The van der Waals surface area contributed by atoms with Crippen LogP contribution in [0.25, 0.3) is 11.5 Å². The number of hydrogen-bond donors (Lipinski definition) is 0. The molecule has 142 valence electrons. The summed E-state index contributed by atoms with van der Waals surface area (Å²) in [6.45, 7) is 9.34. The van der Waals surface area contributed by atoms with Gasteiger partial charge in [0, 0.05) is 18.7 Å². The van der Waals surface area contributed by atoms with Crippen molar-refractivity contribution in [3.63, 3.8) is 0 Å². The lowest BCUT2D eigenvalue weighted by Crippen LogP contribution is -2.37. The van der Waals surface area contributed by atoms with E-state index in [2.05, 4.69) is 4.98 Å². The molecule has 1 aromatic carbocycles. The van der Waals surface area contributed by atoms with E-state index in [1.54, 1.807) is 4.90 Å². The van der Waals surface area contributed by atoms with Gasteiger partial charge in [-0.25, -0.2) is 4.98 Å². The number of amides is 1. The summed E-state index contributed by atoms with van der Waals surface area (Å²) in [6, 6.07) is 7.91. The quantitative estimate of drug-likeness (QED) is 0.623. The average Bonchev–Trinajstić information content (AvgIpc) is 2.95. The first-order valence-electron chi connectivity index (χ1n) is 9.10. The van der Waals surface area contributed by atoms with Crippen LogP contribution >= 0.6 is 0 Å². The molecule has 0 fully saturated rings. The lowest BCUT2D eigenvalue weighted by molar-refractivity contribution is -0.128. The Morgan fingerprint density at radius 3 is 2.54 bits per heavy atom. The summed E-state index contributed by atoms with van der Waals surface area (Å²) >= 11 is -1.30. The monoisotopic (exact) mass is 376 g/mol. The van der Waals surface area contributed by atoms with Crippen LogP contribution < -0.4 is 0 Å². The van der Waals surface area contributed by atoms with E-state index in [0.29, 0.717) is 30.4 Å². The summed E-state index contributed by atoms with van der Waals surface area (Å²) in [4.78, 5) is 18.7. The van der Waals surface area contributed by atoms with Crippen molar-refractivity contribution in [3.05, 3.63) is 41.3 Å². The van der Waals surface area contributed by atoms with E-state index in [0.717, 1.165) is 24.0 Å². The Bertz CT molecular complexity index is 724. The third-order valence-corrected chi connectivity index (χ3v) is 5.24. The second kappa shape index (κ2) is 9.78. The second-order valence-electron chi connectivity index (χ2n) is 6.50. The van der Waals surface area contributed by atoms with Crippen molar-refractivity contribution in [2.75, 3.05) is 18.8 Å². The Hall–Kier alpha value is -1.79. The highest BCUT2D eigenvalue weighted by Crippen LogP contribution is 2.23. The first-order valence-corrected chi connectivity index (χ1v) is 10.6. The fraction of sp³-hybridized carbons (Fsp3) is 0.500. The number of carbonyl (C=O) groups is 1. The van der Waals surface area contributed by atoms with Gasteiger partial charge in [0.1, 0.15) is 11.5 Å². The first-order chi connectivity index (χ1) is 12.4. The zero-order chi connectivity index (χ0) is 19.1. The van der Waals surface area contributed by atoms with Crippen LogP contribution in [-0.2, 0) is 21.7 Å². The molecule has 0 aliphatic rings. The van der Waals surface area contributed by atoms with Gasteiger partial charge in [0.05, 0.1) is 0 Å². The number of aryl methyl sites for hydroxylation is 2. The van der Waals surface area contributed by atoms with Crippen molar-refractivity contribution in [3.8, 4) is 11.5 Å². The molecule has 6 heteroatoms. The molecule has 0 aliphatic heterocycles. The highest BCUT2D eigenvalue weighted by molar-refractivity contribution is 7.91. The molecule has 0 spiro atoms. The molecule has 0 N–H and O–H groups in total. The number of hydrogen-bond acceptors (Lipinski definition) is 4. The molecule has 1 amide bonds. The molecule has 26 heavy (non-hydrogen) atoms. The Kier molecular flexibility index (Phi) is 7.72. The van der Waals surface area contributed by atoms with Crippen LogP contribution in [0, 0.1) is 13.8 Å². The normalized spacial score (nSPS) is 12.2. The van der Waals surface area contributed by atoms with Crippen molar-refractivity contribution in [1.82, 2.24) is 9.88 Å². The number of carbonyl (C=O) groups excluding carboxylic acids is 1. The van der Waals surface area contributed by atoms with E-state index < -0.39 is 11.2 Å². The van der Waals surface area contributed by atoms with Gasteiger partial charge in [0.2, 0.25) is 5.89 Å². The number of benzene rings is 1. The fourth-order valence-corrected chi connectivity index (χ4v) is 3.93. The van der Waals surface area contributed by atoms with Crippen LogP contribution in [0.2, 0.25) is 0 Å². The third kappa shape index (κ3) is 5.61. The van der Waals surface area contributed by atoms with Crippen molar-refractivity contribution in [1.29, 1.82) is 0 Å². The lowest BCUT2D eigenvalue weighted by atomic mass is 10.1. The summed E-state index contributed by atoms with van der Waals surface area (Å²) in [5.41, 5.74) is 2.68. The van der Waals surface area contributed by atoms with Gasteiger partial charge in [-0.1, -0.05) is 31.5 Å². The highest BCUT2D eigenvalue weighted by atomic mass is 32.2. The van der Waals surface area contributed by atoms with Crippen molar-refractivity contribution in [2.24, 2.45) is 0 Å². The van der Waals surface area contributed by atoms with E-state index in [1.807, 2.05) is 52.0 Å². The van der Waals surface area contributed by atoms with E-state index >= 15 is 0 Å². The second-order valence-corrected chi connectivity index (χ2v) is 7.96. The molecule has 0 saturated carbocycles. The van der Waals surface area contributed by atoms with Crippen molar-refractivity contribution in [2.45, 2.75) is 46.3 Å². The predicted molar refractivity (Wildman–Crippen MR) is 105 cm³/mol. The standard InChI is InChI=1S/C20H28N2O3S/c1-5-10-22(11-6-2)19(23)14-26(24)13-18-16(4)25-20(21-18)17-9-7-8-15(3)12-17/h7-9,12H,5-6,10-11,13-14H2,1-4H3. The molecule has 2 rings (SSSR count). The van der Waals surface area contributed by atoms with Crippen LogP contribution in [0.1, 0.15) is 43.7 Å². The maximum absolute atomic E-state index is 12.5. The van der Waals surface area contributed by atoms with Gasteiger partial charge in [-0.2, -0.15) is 0 Å². The van der Waals surface area contributed by atoms with Gasteiger partial charge in [-0.3, -0.25) is 4.79 Å². The van der Waals surface area contributed by atoms with Gasteiger partial charge in [0.25, 0.3) is 5.91 Å². The van der Waals surface area contributed by atoms with Crippen LogP contribution in [-0.4, -0.2) is 39.2 Å². The minimum absolute atomic E-state index is 0.0338. The highest BCUT2D eigenvalue weighted by Gasteiger charge is 2.22. The Balaban J connectivity index is 2.03. The summed E-state index contributed by atoms with van der Waals surface area (Å²) in [6.07, 6.45) is 1.81. The fourth-order valence-electron chi connectivity index (χ4n) is 2.80. The average molecular weight is 377 g/mol. The zero-order valence-electron chi connectivity index (χ0n) is 16.1. The van der Waals surface area contributed by atoms with Gasteiger partial charge < -0.3 is 13.9 Å². The summed E-state index contributed by atoms with van der Waals surface area (Å²) in [5, 5.41) is 0. The lowest BCUT2D eigenvalue weighted by Gasteiger charge is -2.21. The van der Waals surface area contributed by atoms with Crippen LogP contribution in [0.3, 0.4) is 0 Å². The number of oxazole rings is 1. The molecule has 1 atom stereocenters. The molecule has 1 unspecified atom stereocenters. The van der Waals surface area contributed by atoms with Gasteiger partial charge in [0.15, 0.2) is 11.5 Å². The largest absolute Gasteiger partial charge is 0.616 e. The van der Waals surface area contributed by atoms with E-state index in [-0.39, 0.29) is 17.4 Å². The van der Waals surface area contributed by atoms with Gasteiger partial charge in [-0.05, 0) is 50.0 Å². The Morgan fingerprint density at radius 2 is 1.92 bits per heavy atom. The molecular weight excluding hydrogens is 348 g/mol. The summed E-state index contributed by atoms with van der Waals surface area (Å²) in [5.74, 6) is 1.40. The first kappa shape index (κ1) is 20.5.